The normalized spacial score (nSPS) is 11.9. The molecule has 0 saturated heterocycles. The molecule has 0 saturated carbocycles. The van der Waals surface area contributed by atoms with Gasteiger partial charge < -0.3 is 20.0 Å². The maximum Gasteiger partial charge on any atom is 0.437 e. The highest BCUT2D eigenvalue weighted by atomic mass is 16.6. The van der Waals surface area contributed by atoms with E-state index in [9.17, 15) is 19.6 Å². The first-order valence-electron chi connectivity index (χ1n) is 12.2. The van der Waals surface area contributed by atoms with Crippen molar-refractivity contribution in [3.63, 3.8) is 0 Å². The number of nitrogens with zero attached hydrogens (tertiary/aromatic N) is 2. The summed E-state index contributed by atoms with van der Waals surface area (Å²) in [5.41, 5.74) is -0.677. The van der Waals surface area contributed by atoms with Crippen molar-refractivity contribution in [2.24, 2.45) is 4.99 Å². The molecule has 1 heterocycles. The Bertz CT molecular complexity index is 1370. The Hall–Kier alpha value is -4.73. The van der Waals surface area contributed by atoms with E-state index in [1.54, 1.807) is 102 Å². The van der Waals surface area contributed by atoms with Gasteiger partial charge in [0.05, 0.1) is 5.56 Å². The van der Waals surface area contributed by atoms with Gasteiger partial charge in [0, 0.05) is 17.2 Å². The molecule has 0 fully saturated rings. The first kappa shape index (κ1) is 28.8. The number of hydrogen-bond donors (Lipinski definition) is 2. The highest BCUT2D eigenvalue weighted by Gasteiger charge is 2.27. The standard InChI is InChI=1S/C29H32N4O6/c1-28(2,3)38-26(35)31-25(32-27(36)39-29(4,5)6)30-22-21(24(34)20-15-11-8-12-16-20)17-18-33(37)23(22)19-13-9-7-10-14-19/h7-18H,1-6H3,(H2,30,31,32,35,36). The van der Waals surface area contributed by atoms with Crippen LogP contribution in [0.3, 0.4) is 0 Å². The second kappa shape index (κ2) is 11.8. The van der Waals surface area contributed by atoms with E-state index in [0.717, 1.165) is 0 Å². The summed E-state index contributed by atoms with van der Waals surface area (Å²) in [6.07, 6.45) is -0.708. The first-order valence-corrected chi connectivity index (χ1v) is 12.2. The summed E-state index contributed by atoms with van der Waals surface area (Å²) in [5.74, 6) is -0.797. The topological polar surface area (TPSA) is 133 Å². The number of rotatable bonds is 4. The van der Waals surface area contributed by atoms with Crippen LogP contribution < -0.4 is 15.4 Å². The van der Waals surface area contributed by atoms with Crippen molar-refractivity contribution >= 4 is 29.6 Å². The van der Waals surface area contributed by atoms with Crippen LogP contribution in [0, 0.1) is 5.21 Å². The van der Waals surface area contributed by atoms with Gasteiger partial charge in [0.1, 0.15) is 16.9 Å². The molecule has 0 aliphatic heterocycles. The molecule has 1 aromatic heterocycles. The third kappa shape index (κ3) is 8.39. The number of ether oxygens (including phenoxy) is 2. The minimum Gasteiger partial charge on any atom is -0.618 e. The van der Waals surface area contributed by atoms with E-state index in [2.05, 4.69) is 15.6 Å². The van der Waals surface area contributed by atoms with Gasteiger partial charge in [-0.25, -0.2) is 9.59 Å². The monoisotopic (exact) mass is 532 g/mol. The quantitative estimate of drug-likeness (QED) is 0.150. The summed E-state index contributed by atoms with van der Waals surface area (Å²) in [5, 5.41) is 18.3. The smallest absolute Gasteiger partial charge is 0.437 e. The van der Waals surface area contributed by atoms with Gasteiger partial charge in [0.15, 0.2) is 12.0 Å². The number of hydrogen-bond acceptors (Lipinski definition) is 6. The number of nitrogens with one attached hydrogen (secondary N) is 2. The number of aromatic nitrogens is 1. The zero-order valence-electron chi connectivity index (χ0n) is 22.8. The molecule has 2 aromatic carbocycles. The van der Waals surface area contributed by atoms with Gasteiger partial charge in [0.2, 0.25) is 11.7 Å². The molecule has 39 heavy (non-hydrogen) atoms. The van der Waals surface area contributed by atoms with Crippen molar-refractivity contribution in [3.05, 3.63) is 89.3 Å². The van der Waals surface area contributed by atoms with Crippen LogP contribution in [0.1, 0.15) is 57.5 Å². The molecular weight excluding hydrogens is 500 g/mol. The molecule has 3 aromatic rings. The Morgan fingerprint density at radius 2 is 1.38 bits per heavy atom. The minimum absolute atomic E-state index is 0.0194. The summed E-state index contributed by atoms with van der Waals surface area (Å²) < 4.78 is 11.2. The Kier molecular flexibility index (Phi) is 8.70. The molecule has 0 aliphatic carbocycles. The van der Waals surface area contributed by atoms with E-state index >= 15 is 0 Å². The van der Waals surface area contributed by atoms with E-state index in [-0.39, 0.29) is 16.9 Å². The van der Waals surface area contributed by atoms with E-state index in [0.29, 0.717) is 15.9 Å². The lowest BCUT2D eigenvalue weighted by molar-refractivity contribution is -0.593. The van der Waals surface area contributed by atoms with Crippen LogP contribution in [0.2, 0.25) is 0 Å². The molecule has 0 aliphatic rings. The van der Waals surface area contributed by atoms with Crippen molar-refractivity contribution < 1.29 is 28.6 Å². The largest absolute Gasteiger partial charge is 0.618 e. The van der Waals surface area contributed by atoms with Crippen molar-refractivity contribution in [2.45, 2.75) is 52.7 Å². The van der Waals surface area contributed by atoms with Crippen molar-refractivity contribution in [2.75, 3.05) is 5.32 Å². The SMILES string of the molecule is CC(C)(C)OC(=O)/N=C(\NC(=O)OC(C)(C)C)Nc1c(C(=O)c2ccccc2)cc[n+]([O-])c1-c1ccccc1. The van der Waals surface area contributed by atoms with E-state index in [1.807, 2.05) is 0 Å². The van der Waals surface area contributed by atoms with E-state index in [1.165, 1.54) is 12.3 Å². The van der Waals surface area contributed by atoms with Crippen LogP contribution in [0.4, 0.5) is 15.3 Å². The molecule has 2 N–H and O–H groups in total. The number of aliphatic imine (C=N–C) groups is 1. The van der Waals surface area contributed by atoms with Gasteiger partial charge in [-0.2, -0.15) is 4.73 Å². The number of benzene rings is 2. The van der Waals surface area contributed by atoms with Gasteiger partial charge >= 0.3 is 12.2 Å². The number of carbonyl (C=O) groups excluding carboxylic acids is 3. The summed E-state index contributed by atoms with van der Waals surface area (Å²) in [4.78, 5) is 42.7. The molecule has 0 radical (unpaired) electrons. The van der Waals surface area contributed by atoms with Crippen molar-refractivity contribution in [3.8, 4) is 11.3 Å². The molecule has 0 unspecified atom stereocenters. The number of anilines is 1. The third-order valence-electron chi connectivity index (χ3n) is 4.89. The fraction of sp³-hybridized carbons (Fsp3) is 0.276. The van der Waals surface area contributed by atoms with Crippen LogP contribution in [0.15, 0.2) is 77.9 Å². The highest BCUT2D eigenvalue weighted by Crippen LogP contribution is 2.29. The zero-order chi connectivity index (χ0) is 28.8. The highest BCUT2D eigenvalue weighted by molar-refractivity contribution is 6.17. The van der Waals surface area contributed by atoms with Gasteiger partial charge in [0.25, 0.3) is 0 Å². The van der Waals surface area contributed by atoms with Crippen LogP contribution in [-0.2, 0) is 9.47 Å². The lowest BCUT2D eigenvalue weighted by atomic mass is 9.99. The average molecular weight is 533 g/mol. The summed E-state index contributed by atoms with van der Waals surface area (Å²) in [6.45, 7) is 10.0. The number of ketones is 1. The number of carbonyl (C=O) groups is 3. The molecular formula is C29H32N4O6. The predicted molar refractivity (Wildman–Crippen MR) is 147 cm³/mol. The lowest BCUT2D eigenvalue weighted by Crippen LogP contribution is -2.42. The van der Waals surface area contributed by atoms with Crippen LogP contribution in [-0.4, -0.2) is 35.1 Å². The Labute approximate surface area is 227 Å². The Morgan fingerprint density at radius 3 is 1.95 bits per heavy atom. The maximum absolute atomic E-state index is 13.6. The second-order valence-corrected chi connectivity index (χ2v) is 10.5. The number of alkyl carbamates (subject to hydrolysis) is 1. The Morgan fingerprint density at radius 1 is 0.821 bits per heavy atom. The molecule has 10 nitrogen and oxygen atoms in total. The molecule has 0 spiro atoms. The lowest BCUT2D eigenvalue weighted by Gasteiger charge is -2.22. The first-order chi connectivity index (χ1) is 18.2. The fourth-order valence-corrected chi connectivity index (χ4v) is 3.45. The summed E-state index contributed by atoms with van der Waals surface area (Å²) in [6, 6.07) is 18.5. The Balaban J connectivity index is 2.18. The fourth-order valence-electron chi connectivity index (χ4n) is 3.45. The minimum atomic E-state index is -1.01. The number of guanidine groups is 1. The van der Waals surface area contributed by atoms with Crippen molar-refractivity contribution in [1.82, 2.24) is 5.32 Å². The van der Waals surface area contributed by atoms with Gasteiger partial charge in [-0.3, -0.25) is 10.1 Å². The predicted octanol–water partition coefficient (Wildman–Crippen LogP) is 5.45. The number of pyridine rings is 1. The van der Waals surface area contributed by atoms with Crippen LogP contribution in [0.5, 0.6) is 0 Å². The zero-order valence-corrected chi connectivity index (χ0v) is 22.8. The molecule has 10 heteroatoms. The molecule has 2 amide bonds. The maximum atomic E-state index is 13.6. The molecule has 0 atom stereocenters. The van der Waals surface area contributed by atoms with Crippen molar-refractivity contribution in [1.29, 1.82) is 0 Å². The molecule has 204 valence electrons. The van der Waals surface area contributed by atoms with Crippen LogP contribution >= 0.6 is 0 Å². The summed E-state index contributed by atoms with van der Waals surface area (Å²) >= 11 is 0. The molecule has 3 rings (SSSR count). The second-order valence-electron chi connectivity index (χ2n) is 10.5. The number of amides is 2. The molecule has 0 bridgehead atoms. The summed E-state index contributed by atoms with van der Waals surface area (Å²) in [7, 11) is 0. The van der Waals surface area contributed by atoms with Gasteiger partial charge in [-0.1, -0.05) is 48.5 Å². The average Bonchev–Trinajstić information content (AvgIpc) is 2.82. The van der Waals surface area contributed by atoms with E-state index in [4.69, 9.17) is 9.47 Å². The van der Waals surface area contributed by atoms with E-state index < -0.39 is 35.1 Å². The van der Waals surface area contributed by atoms with Crippen LogP contribution in [0.25, 0.3) is 11.3 Å². The third-order valence-corrected chi connectivity index (χ3v) is 4.89. The van der Waals surface area contributed by atoms with Gasteiger partial charge in [-0.15, -0.1) is 4.99 Å². The van der Waals surface area contributed by atoms with Gasteiger partial charge in [-0.05, 0) is 53.7 Å².